The summed E-state index contributed by atoms with van der Waals surface area (Å²) in [6.07, 6.45) is -0.463. The highest BCUT2D eigenvalue weighted by Crippen LogP contribution is 2.29. The SMILES string of the molecule is OC(CNCC(Br)c1csc(Br)c1)c1ccccc1. The zero-order valence-corrected chi connectivity index (χ0v) is 14.2. The predicted octanol–water partition coefficient (Wildman–Crippen LogP) is 4.27. The van der Waals surface area contributed by atoms with Crippen molar-refractivity contribution in [3.05, 3.63) is 56.7 Å². The van der Waals surface area contributed by atoms with E-state index in [0.29, 0.717) is 6.54 Å². The quantitative estimate of drug-likeness (QED) is 0.704. The lowest BCUT2D eigenvalue weighted by Gasteiger charge is -2.14. The summed E-state index contributed by atoms with van der Waals surface area (Å²) < 4.78 is 1.14. The van der Waals surface area contributed by atoms with Crippen molar-refractivity contribution in [2.75, 3.05) is 13.1 Å². The molecular formula is C14H15Br2NOS. The van der Waals surface area contributed by atoms with Crippen molar-refractivity contribution < 1.29 is 5.11 Å². The Balaban J connectivity index is 1.77. The Bertz CT molecular complexity index is 503. The van der Waals surface area contributed by atoms with Crippen molar-refractivity contribution >= 4 is 43.2 Å². The van der Waals surface area contributed by atoms with E-state index < -0.39 is 6.10 Å². The first-order valence-electron chi connectivity index (χ1n) is 5.98. The van der Waals surface area contributed by atoms with Crippen molar-refractivity contribution in [1.29, 1.82) is 0 Å². The smallest absolute Gasteiger partial charge is 0.0914 e. The lowest BCUT2D eigenvalue weighted by atomic mass is 10.1. The number of benzene rings is 1. The summed E-state index contributed by atoms with van der Waals surface area (Å²) in [7, 11) is 0. The van der Waals surface area contributed by atoms with Crippen LogP contribution in [0, 0.1) is 0 Å². The van der Waals surface area contributed by atoms with Crippen LogP contribution in [0.1, 0.15) is 22.1 Å². The van der Waals surface area contributed by atoms with Gasteiger partial charge in [0.05, 0.1) is 14.7 Å². The van der Waals surface area contributed by atoms with E-state index in [4.69, 9.17) is 0 Å². The lowest BCUT2D eigenvalue weighted by molar-refractivity contribution is 0.175. The molecule has 2 atom stereocenters. The molecule has 1 aromatic heterocycles. The Morgan fingerprint density at radius 1 is 1.16 bits per heavy atom. The number of aliphatic hydroxyl groups excluding tert-OH is 1. The first kappa shape index (κ1) is 15.2. The first-order valence-corrected chi connectivity index (χ1v) is 8.57. The molecule has 0 saturated heterocycles. The molecule has 2 unspecified atom stereocenters. The maximum atomic E-state index is 10.0. The van der Waals surface area contributed by atoms with Crippen LogP contribution in [0.5, 0.6) is 0 Å². The van der Waals surface area contributed by atoms with Crippen LogP contribution in [0.25, 0.3) is 0 Å². The third-order valence-corrected chi connectivity index (χ3v) is 5.17. The molecule has 19 heavy (non-hydrogen) atoms. The summed E-state index contributed by atoms with van der Waals surface area (Å²) in [6.45, 7) is 1.34. The molecule has 0 bridgehead atoms. The average Bonchev–Trinajstić information content (AvgIpc) is 2.86. The number of nitrogens with one attached hydrogen (secondary N) is 1. The summed E-state index contributed by atoms with van der Waals surface area (Å²) >= 11 is 8.79. The topological polar surface area (TPSA) is 32.3 Å². The monoisotopic (exact) mass is 403 g/mol. The van der Waals surface area contributed by atoms with Gasteiger partial charge in [-0.3, -0.25) is 0 Å². The third-order valence-electron chi connectivity index (χ3n) is 2.80. The van der Waals surface area contributed by atoms with Gasteiger partial charge in [-0.1, -0.05) is 46.3 Å². The number of alkyl halides is 1. The summed E-state index contributed by atoms with van der Waals surface area (Å²) in [5.74, 6) is 0. The van der Waals surface area contributed by atoms with Gasteiger partial charge in [0.2, 0.25) is 0 Å². The molecule has 0 aliphatic heterocycles. The fourth-order valence-electron chi connectivity index (χ4n) is 1.75. The lowest BCUT2D eigenvalue weighted by Crippen LogP contribution is -2.24. The van der Waals surface area contributed by atoms with Crippen molar-refractivity contribution in [3.8, 4) is 0 Å². The average molecular weight is 405 g/mol. The highest BCUT2D eigenvalue weighted by atomic mass is 79.9. The molecule has 1 aromatic carbocycles. The molecule has 2 aromatic rings. The van der Waals surface area contributed by atoms with Crippen molar-refractivity contribution in [3.63, 3.8) is 0 Å². The number of aliphatic hydroxyl groups is 1. The summed E-state index contributed by atoms with van der Waals surface area (Å²) in [5.41, 5.74) is 2.19. The maximum absolute atomic E-state index is 10.0. The molecule has 5 heteroatoms. The van der Waals surface area contributed by atoms with Crippen LogP contribution in [0.15, 0.2) is 45.6 Å². The third kappa shape index (κ3) is 4.68. The number of hydrogen-bond donors (Lipinski definition) is 2. The van der Waals surface area contributed by atoms with Crippen molar-refractivity contribution in [2.24, 2.45) is 0 Å². The van der Waals surface area contributed by atoms with Crippen LogP contribution < -0.4 is 5.32 Å². The van der Waals surface area contributed by atoms with Crippen molar-refractivity contribution in [1.82, 2.24) is 5.32 Å². The van der Waals surface area contributed by atoms with Gasteiger partial charge in [0.25, 0.3) is 0 Å². The predicted molar refractivity (Wildman–Crippen MR) is 88.0 cm³/mol. The molecule has 0 radical (unpaired) electrons. The Morgan fingerprint density at radius 3 is 2.53 bits per heavy atom. The molecule has 0 aliphatic carbocycles. The van der Waals surface area contributed by atoms with E-state index in [1.54, 1.807) is 11.3 Å². The molecule has 2 rings (SSSR count). The first-order chi connectivity index (χ1) is 9.16. The van der Waals surface area contributed by atoms with Crippen LogP contribution in [0.4, 0.5) is 0 Å². The Labute approximate surface area is 134 Å². The van der Waals surface area contributed by atoms with Crippen LogP contribution in [-0.4, -0.2) is 18.2 Å². The van der Waals surface area contributed by atoms with Gasteiger partial charge in [0.15, 0.2) is 0 Å². The minimum Gasteiger partial charge on any atom is -0.387 e. The zero-order valence-electron chi connectivity index (χ0n) is 10.2. The molecular weight excluding hydrogens is 390 g/mol. The van der Waals surface area contributed by atoms with Gasteiger partial charge < -0.3 is 10.4 Å². The van der Waals surface area contributed by atoms with Gasteiger partial charge in [0.1, 0.15) is 0 Å². The Kier molecular flexibility index (Phi) is 6.04. The minimum atomic E-state index is -0.463. The molecule has 0 amide bonds. The van der Waals surface area contributed by atoms with Crippen LogP contribution in [0.2, 0.25) is 0 Å². The van der Waals surface area contributed by atoms with Crippen LogP contribution in [-0.2, 0) is 0 Å². The number of thiophene rings is 1. The van der Waals surface area contributed by atoms with Gasteiger partial charge in [-0.15, -0.1) is 11.3 Å². The second kappa shape index (κ2) is 7.55. The van der Waals surface area contributed by atoms with Gasteiger partial charge in [-0.2, -0.15) is 0 Å². The van der Waals surface area contributed by atoms with E-state index in [9.17, 15) is 5.11 Å². The van der Waals surface area contributed by atoms with E-state index in [1.807, 2.05) is 30.3 Å². The molecule has 0 aliphatic rings. The van der Waals surface area contributed by atoms with Crippen LogP contribution in [0.3, 0.4) is 0 Å². The zero-order chi connectivity index (χ0) is 13.7. The van der Waals surface area contributed by atoms with Gasteiger partial charge >= 0.3 is 0 Å². The van der Waals surface area contributed by atoms with E-state index in [1.165, 1.54) is 5.56 Å². The molecule has 1 heterocycles. The normalized spacial score (nSPS) is 14.3. The summed E-state index contributed by atoms with van der Waals surface area (Å²) in [4.78, 5) is 0.262. The van der Waals surface area contributed by atoms with Crippen LogP contribution >= 0.6 is 43.2 Å². The molecule has 0 saturated carbocycles. The number of halogens is 2. The molecule has 2 N–H and O–H groups in total. The van der Waals surface area contributed by atoms with E-state index in [2.05, 4.69) is 48.6 Å². The number of hydrogen-bond acceptors (Lipinski definition) is 3. The maximum Gasteiger partial charge on any atom is 0.0914 e. The Morgan fingerprint density at radius 2 is 1.89 bits per heavy atom. The fourth-order valence-corrected chi connectivity index (χ4v) is 3.64. The van der Waals surface area contributed by atoms with Gasteiger partial charge in [-0.25, -0.2) is 0 Å². The van der Waals surface area contributed by atoms with E-state index in [0.717, 1.165) is 15.9 Å². The molecule has 102 valence electrons. The second-order valence-corrected chi connectivity index (χ2v) is 7.63. The largest absolute Gasteiger partial charge is 0.387 e. The molecule has 2 nitrogen and oxygen atoms in total. The van der Waals surface area contributed by atoms with Crippen molar-refractivity contribution in [2.45, 2.75) is 10.9 Å². The fraction of sp³-hybridized carbons (Fsp3) is 0.286. The van der Waals surface area contributed by atoms with E-state index >= 15 is 0 Å². The summed E-state index contributed by atoms with van der Waals surface area (Å²) in [5, 5.41) is 15.4. The summed E-state index contributed by atoms with van der Waals surface area (Å²) in [6, 6.07) is 11.8. The highest BCUT2D eigenvalue weighted by Gasteiger charge is 2.11. The Hall–Kier alpha value is -0.200. The minimum absolute atomic E-state index is 0.262. The molecule has 0 fully saturated rings. The van der Waals surface area contributed by atoms with Gasteiger partial charge in [0, 0.05) is 13.1 Å². The second-order valence-electron chi connectivity index (χ2n) is 4.24. The molecule has 0 spiro atoms. The standard InChI is InChI=1S/C14H15Br2NOS/c15-12(11-6-14(16)19-9-11)7-17-8-13(18)10-4-2-1-3-5-10/h1-6,9,12-13,17-18H,7-8H2. The van der Waals surface area contributed by atoms with E-state index in [-0.39, 0.29) is 4.83 Å². The van der Waals surface area contributed by atoms with Gasteiger partial charge in [-0.05, 0) is 38.5 Å². The number of rotatable bonds is 6. The highest BCUT2D eigenvalue weighted by molar-refractivity contribution is 9.11.